The van der Waals surface area contributed by atoms with Gasteiger partial charge < -0.3 is 43.3 Å². The van der Waals surface area contributed by atoms with Gasteiger partial charge in [0.25, 0.3) is 23.6 Å². The number of benzene rings is 2. The van der Waals surface area contributed by atoms with Crippen LogP contribution in [0.3, 0.4) is 0 Å². The highest BCUT2D eigenvalue weighted by molar-refractivity contribution is 5.94. The quantitative estimate of drug-likeness (QED) is 0.147. The number of rotatable bonds is 15. The molecule has 418 valence electrons. The van der Waals surface area contributed by atoms with Gasteiger partial charge in [0.1, 0.15) is 36.5 Å². The Bertz CT molecular complexity index is 2430. The van der Waals surface area contributed by atoms with Crippen molar-refractivity contribution in [2.24, 2.45) is 30.7 Å². The number of esters is 4. The van der Waals surface area contributed by atoms with Crippen LogP contribution in [0.5, 0.6) is 5.75 Å². The number of carbonyl (C=O) groups is 8. The van der Waals surface area contributed by atoms with Gasteiger partial charge in [-0.3, -0.25) is 19.2 Å². The molecule has 1 aliphatic rings. The van der Waals surface area contributed by atoms with Crippen molar-refractivity contribution < 1.29 is 62.0 Å². The minimum Gasteiger partial charge on any atom is -0.486 e. The SMILES string of the molecule is CC(C)C[C@@H]1C(=O)O[C@H](Cc2ccccc2)C(=O)N(C)[C@@H](CC(C)C)C(=O)O[C@H](C)C(=O)N(C)[C@@H](CC(C)C)C(=O)O[C@H](Cc2ccc(OCc3nnnn3C)cc2)C(=O)N(C)[C@@H](CC(C)C)C(=O)O[C@H](C)C(=O)N1C. The van der Waals surface area contributed by atoms with Crippen LogP contribution < -0.4 is 4.74 Å². The van der Waals surface area contributed by atoms with E-state index in [-0.39, 0.29) is 68.8 Å². The highest BCUT2D eigenvalue weighted by Gasteiger charge is 2.43. The van der Waals surface area contributed by atoms with Crippen molar-refractivity contribution in [3.05, 3.63) is 71.5 Å². The topological polar surface area (TPSA) is 239 Å². The Morgan fingerprint density at radius 3 is 1.16 bits per heavy atom. The molecule has 0 spiro atoms. The van der Waals surface area contributed by atoms with E-state index in [9.17, 15) is 38.4 Å². The first-order chi connectivity index (χ1) is 35.7. The van der Waals surface area contributed by atoms with E-state index in [1.165, 1.54) is 46.7 Å². The molecule has 0 N–H and O–H groups in total. The Morgan fingerprint density at radius 1 is 0.474 bits per heavy atom. The Balaban J connectivity index is 1.84. The molecule has 1 fully saturated rings. The maximum atomic E-state index is 14.9. The maximum Gasteiger partial charge on any atom is 0.329 e. The lowest BCUT2D eigenvalue weighted by Crippen LogP contribution is -2.55. The summed E-state index contributed by atoms with van der Waals surface area (Å²) >= 11 is 0. The summed E-state index contributed by atoms with van der Waals surface area (Å²) in [5.41, 5.74) is 1.18. The van der Waals surface area contributed by atoms with Gasteiger partial charge in [-0.15, -0.1) is 5.10 Å². The molecule has 76 heavy (non-hydrogen) atoms. The zero-order valence-electron chi connectivity index (χ0n) is 47.0. The average Bonchev–Trinajstić information content (AvgIpc) is 3.78. The van der Waals surface area contributed by atoms with Crippen LogP contribution in [0.2, 0.25) is 0 Å². The Labute approximate surface area is 447 Å². The number of ether oxygens (including phenoxy) is 5. The molecule has 1 aromatic heterocycles. The molecule has 0 unspecified atom stereocenters. The number of cyclic esters (lactones) is 4. The first-order valence-corrected chi connectivity index (χ1v) is 26.1. The van der Waals surface area contributed by atoms with E-state index in [0.29, 0.717) is 22.7 Å². The Morgan fingerprint density at radius 2 is 0.816 bits per heavy atom. The largest absolute Gasteiger partial charge is 0.486 e. The molecule has 3 aromatic rings. The number of hydrogen-bond acceptors (Lipinski definition) is 16. The summed E-state index contributed by atoms with van der Waals surface area (Å²) in [6.07, 6.45) is -5.98. The normalized spacial score (nSPS) is 23.8. The number of carbonyl (C=O) groups excluding carboxylic acids is 8. The predicted octanol–water partition coefficient (Wildman–Crippen LogP) is 4.77. The first-order valence-electron chi connectivity index (χ1n) is 26.1. The van der Waals surface area contributed by atoms with E-state index < -0.39 is 96.1 Å². The summed E-state index contributed by atoms with van der Waals surface area (Å²) in [4.78, 5) is 121. The van der Waals surface area contributed by atoms with Crippen LogP contribution in [-0.4, -0.2) is 164 Å². The van der Waals surface area contributed by atoms with E-state index in [4.69, 9.17) is 23.7 Å². The number of tetrazole rings is 1. The van der Waals surface area contributed by atoms with Crippen molar-refractivity contribution in [3.8, 4) is 5.75 Å². The lowest BCUT2D eigenvalue weighted by Gasteiger charge is -2.35. The van der Waals surface area contributed by atoms with Crippen LogP contribution in [0.15, 0.2) is 54.6 Å². The third kappa shape index (κ3) is 17.3. The summed E-state index contributed by atoms with van der Waals surface area (Å²) in [5, 5.41) is 11.4. The van der Waals surface area contributed by atoms with Gasteiger partial charge in [-0.1, -0.05) is 97.9 Å². The second kappa shape index (κ2) is 28.3. The Hall–Kier alpha value is -6.93. The number of likely N-dealkylation sites (N-methyl/N-ethyl adjacent to an activating group) is 4. The molecule has 8 atom stereocenters. The fourth-order valence-corrected chi connectivity index (χ4v) is 8.76. The third-order valence-corrected chi connectivity index (χ3v) is 13.2. The van der Waals surface area contributed by atoms with Crippen molar-refractivity contribution in [2.75, 3.05) is 28.2 Å². The standard InChI is InChI=1S/C55H80N8O13/c1-32(2)25-41-52(68)73-37(10)49(65)60(12)44(28-35(7)8)55(71)76-46(30-39-21-23-40(24-22-39)72-31-47-56-57-58-63(47)15)51(67)62(14)42(26-33(3)4)53(69)74-36(9)48(64)59(11)43(27-34(5)6)54(70)75-45(50(66)61(41)13)29-38-19-17-16-18-20-38/h16-24,32-37,41-46H,25-31H2,1-15H3/t36-,37-,41+,42+,43-,44+,45-,46-/m1/s1. The minimum absolute atomic E-state index is 0.0669. The second-order valence-electron chi connectivity index (χ2n) is 21.4. The van der Waals surface area contributed by atoms with Gasteiger partial charge in [0, 0.05) is 48.1 Å². The van der Waals surface area contributed by atoms with Crippen molar-refractivity contribution in [3.63, 3.8) is 0 Å². The third-order valence-electron chi connectivity index (χ3n) is 13.2. The highest BCUT2D eigenvalue weighted by Crippen LogP contribution is 2.25. The number of aromatic nitrogens is 4. The van der Waals surface area contributed by atoms with Gasteiger partial charge in [-0.2, -0.15) is 0 Å². The zero-order valence-corrected chi connectivity index (χ0v) is 47.0. The van der Waals surface area contributed by atoms with E-state index in [0.717, 1.165) is 19.6 Å². The van der Waals surface area contributed by atoms with E-state index in [1.807, 2.05) is 55.4 Å². The molecule has 2 aromatic carbocycles. The molecule has 0 radical (unpaired) electrons. The molecule has 0 aliphatic carbocycles. The van der Waals surface area contributed by atoms with Gasteiger partial charge in [-0.25, -0.2) is 23.9 Å². The van der Waals surface area contributed by atoms with Crippen LogP contribution >= 0.6 is 0 Å². The maximum absolute atomic E-state index is 14.9. The van der Waals surface area contributed by atoms with Crippen molar-refractivity contribution in [2.45, 2.75) is 163 Å². The van der Waals surface area contributed by atoms with E-state index >= 15 is 0 Å². The molecule has 1 aliphatic heterocycles. The predicted molar refractivity (Wildman–Crippen MR) is 278 cm³/mol. The summed E-state index contributed by atoms with van der Waals surface area (Å²) in [6.45, 7) is 17.5. The smallest absolute Gasteiger partial charge is 0.329 e. The van der Waals surface area contributed by atoms with Gasteiger partial charge in [-0.05, 0) is 96.9 Å². The van der Waals surface area contributed by atoms with Gasteiger partial charge >= 0.3 is 23.9 Å². The van der Waals surface area contributed by atoms with Gasteiger partial charge in [0.05, 0.1) is 0 Å². The van der Waals surface area contributed by atoms with E-state index in [1.54, 1.807) is 61.6 Å². The molecule has 4 amide bonds. The van der Waals surface area contributed by atoms with Crippen molar-refractivity contribution in [1.82, 2.24) is 39.8 Å². The molecular weight excluding hydrogens is 981 g/mol. The van der Waals surface area contributed by atoms with Gasteiger partial charge in [0.15, 0.2) is 30.2 Å². The molecular formula is C55H80N8O13. The molecule has 2 heterocycles. The minimum atomic E-state index is -1.57. The first kappa shape index (κ1) is 61.6. The van der Waals surface area contributed by atoms with Gasteiger partial charge in [0.2, 0.25) is 0 Å². The van der Waals surface area contributed by atoms with Crippen LogP contribution in [0.4, 0.5) is 0 Å². The fourth-order valence-electron chi connectivity index (χ4n) is 8.76. The van der Waals surface area contributed by atoms with E-state index in [2.05, 4.69) is 15.5 Å². The fraction of sp³-hybridized carbons (Fsp3) is 0.618. The second-order valence-corrected chi connectivity index (χ2v) is 21.4. The van der Waals surface area contributed by atoms with Crippen LogP contribution in [0, 0.1) is 23.7 Å². The van der Waals surface area contributed by atoms with Crippen LogP contribution in [0.25, 0.3) is 0 Å². The lowest BCUT2D eigenvalue weighted by molar-refractivity contribution is -0.176. The molecule has 0 saturated carbocycles. The van der Waals surface area contributed by atoms with Crippen LogP contribution in [-0.2, 0) is 83.8 Å². The number of hydrogen-bond donors (Lipinski definition) is 0. The molecule has 1 saturated heterocycles. The van der Waals surface area contributed by atoms with Crippen molar-refractivity contribution >= 4 is 47.5 Å². The molecule has 21 heteroatoms. The Kier molecular flexibility index (Phi) is 22.9. The summed E-state index contributed by atoms with van der Waals surface area (Å²) in [6, 6.07) is 10.4. The number of amides is 4. The molecule has 0 bridgehead atoms. The summed E-state index contributed by atoms with van der Waals surface area (Å²) in [7, 11) is 7.19. The molecule has 21 nitrogen and oxygen atoms in total. The highest BCUT2D eigenvalue weighted by atomic mass is 16.6. The number of aryl methyl sites for hydroxylation is 1. The molecule has 4 rings (SSSR count). The number of nitrogens with zero attached hydrogens (tertiary/aromatic N) is 8. The zero-order chi connectivity index (χ0) is 56.7. The lowest BCUT2D eigenvalue weighted by atomic mass is 10.00. The monoisotopic (exact) mass is 1060 g/mol. The van der Waals surface area contributed by atoms with Crippen molar-refractivity contribution in [1.29, 1.82) is 0 Å². The summed E-state index contributed by atoms with van der Waals surface area (Å²) < 4.78 is 31.3. The average molecular weight is 1060 g/mol. The summed E-state index contributed by atoms with van der Waals surface area (Å²) in [5.74, 6) is -6.55. The van der Waals surface area contributed by atoms with Crippen LogP contribution in [0.1, 0.15) is 112 Å².